The highest BCUT2D eigenvalue weighted by atomic mass is 19.4. The third kappa shape index (κ3) is 4.36. The second-order valence-corrected chi connectivity index (χ2v) is 9.08. The SMILES string of the molecule is Cc1cc(N2C[C@H](C)n3ncc(BOC(C)(C)C(C)(C)O)c3C2=O)ccc1C(F)(F)F. The molecule has 1 aromatic heterocycles. The summed E-state index contributed by atoms with van der Waals surface area (Å²) >= 11 is 0. The molecular weight excluding hydrogens is 410 g/mol. The Morgan fingerprint density at radius 2 is 1.87 bits per heavy atom. The minimum Gasteiger partial charge on any atom is -0.427 e. The molecule has 168 valence electrons. The van der Waals surface area contributed by atoms with Crippen molar-refractivity contribution < 1.29 is 27.7 Å². The number of carbonyl (C=O) groups is 1. The number of nitrogens with zero attached hydrogens (tertiary/aromatic N) is 3. The van der Waals surface area contributed by atoms with Crippen molar-refractivity contribution in [1.29, 1.82) is 0 Å². The molecule has 0 radical (unpaired) electrons. The summed E-state index contributed by atoms with van der Waals surface area (Å²) in [6, 6.07) is 3.53. The highest BCUT2D eigenvalue weighted by Crippen LogP contribution is 2.35. The minimum absolute atomic E-state index is 0.0556. The van der Waals surface area contributed by atoms with Crippen molar-refractivity contribution in [2.75, 3.05) is 11.4 Å². The van der Waals surface area contributed by atoms with Crippen molar-refractivity contribution in [3.63, 3.8) is 0 Å². The van der Waals surface area contributed by atoms with Gasteiger partial charge in [0.1, 0.15) is 5.69 Å². The zero-order chi connectivity index (χ0) is 23.4. The summed E-state index contributed by atoms with van der Waals surface area (Å²) in [5.74, 6) is -0.352. The summed E-state index contributed by atoms with van der Waals surface area (Å²) < 4.78 is 46.9. The van der Waals surface area contributed by atoms with Gasteiger partial charge in [-0.05, 0) is 70.8 Å². The van der Waals surface area contributed by atoms with E-state index in [1.807, 2.05) is 6.92 Å². The Morgan fingerprint density at radius 3 is 2.42 bits per heavy atom. The molecule has 1 N–H and O–H groups in total. The third-order valence-electron chi connectivity index (χ3n) is 6.07. The average Bonchev–Trinajstić information content (AvgIpc) is 3.06. The number of aromatic nitrogens is 2. The molecule has 1 aliphatic rings. The van der Waals surface area contributed by atoms with Crippen LogP contribution in [-0.4, -0.2) is 46.0 Å². The number of carbonyl (C=O) groups excluding carboxylic acids is 1. The second kappa shape index (κ2) is 7.67. The van der Waals surface area contributed by atoms with Gasteiger partial charge >= 0.3 is 13.7 Å². The predicted octanol–water partition coefficient (Wildman–Crippen LogP) is 2.97. The van der Waals surface area contributed by atoms with Crippen LogP contribution in [0, 0.1) is 6.92 Å². The van der Waals surface area contributed by atoms with Crippen molar-refractivity contribution in [3.05, 3.63) is 41.2 Å². The van der Waals surface area contributed by atoms with Gasteiger partial charge in [0.05, 0.1) is 22.8 Å². The van der Waals surface area contributed by atoms with Gasteiger partial charge in [-0.25, -0.2) is 0 Å². The highest BCUT2D eigenvalue weighted by molar-refractivity contribution is 6.49. The van der Waals surface area contributed by atoms with Crippen LogP contribution in [0.25, 0.3) is 0 Å². The Balaban J connectivity index is 1.92. The standard InChI is InChI=1S/C21H27BF3N3O3/c1-12-9-14(7-8-15(12)21(23,24)25)27-11-13(2)28-17(18(27)29)16(10-26-28)22-31-20(5,6)19(3,4)30/h7-10,13,22,30H,11H2,1-6H3/t13-/m0/s1. The van der Waals surface area contributed by atoms with E-state index in [1.54, 1.807) is 38.6 Å². The molecule has 0 bridgehead atoms. The summed E-state index contributed by atoms with van der Waals surface area (Å²) in [6.45, 7) is 10.3. The van der Waals surface area contributed by atoms with E-state index >= 15 is 0 Å². The van der Waals surface area contributed by atoms with Gasteiger partial charge in [-0.3, -0.25) is 9.48 Å². The van der Waals surface area contributed by atoms with Crippen LogP contribution in [0.2, 0.25) is 0 Å². The van der Waals surface area contributed by atoms with Crippen molar-refractivity contribution in [2.45, 2.75) is 65.0 Å². The number of fused-ring (bicyclic) bond motifs is 1. The minimum atomic E-state index is -4.45. The molecular formula is C21H27BF3N3O3. The first-order valence-corrected chi connectivity index (χ1v) is 10.1. The number of amides is 1. The molecule has 6 nitrogen and oxygen atoms in total. The largest absolute Gasteiger partial charge is 0.427 e. The first kappa shape index (κ1) is 23.3. The maximum Gasteiger partial charge on any atom is 0.416 e. The van der Waals surface area contributed by atoms with Gasteiger partial charge in [-0.15, -0.1) is 0 Å². The van der Waals surface area contributed by atoms with Crippen LogP contribution in [0.15, 0.2) is 24.4 Å². The zero-order valence-corrected chi connectivity index (χ0v) is 18.5. The maximum atomic E-state index is 13.3. The van der Waals surface area contributed by atoms with Gasteiger partial charge in [-0.2, -0.15) is 18.3 Å². The molecule has 3 rings (SSSR count). The molecule has 0 fully saturated rings. The topological polar surface area (TPSA) is 67.6 Å². The number of hydrogen-bond acceptors (Lipinski definition) is 4. The zero-order valence-electron chi connectivity index (χ0n) is 18.5. The van der Waals surface area contributed by atoms with Crippen molar-refractivity contribution in [2.24, 2.45) is 0 Å². The molecule has 2 aromatic rings. The van der Waals surface area contributed by atoms with E-state index in [1.165, 1.54) is 24.0 Å². The number of benzene rings is 1. The maximum absolute atomic E-state index is 13.3. The number of halogens is 3. The van der Waals surface area contributed by atoms with Gasteiger partial charge in [0.25, 0.3) is 5.91 Å². The molecule has 0 aliphatic carbocycles. The fraction of sp³-hybridized carbons (Fsp3) is 0.524. The van der Waals surface area contributed by atoms with Crippen molar-refractivity contribution in [3.8, 4) is 0 Å². The number of hydrogen-bond donors (Lipinski definition) is 1. The summed E-state index contributed by atoms with van der Waals surface area (Å²) in [6.07, 6.45) is -2.89. The molecule has 0 saturated carbocycles. The molecule has 0 spiro atoms. The molecule has 2 heterocycles. The Labute approximate surface area is 180 Å². The number of rotatable bonds is 5. The van der Waals surface area contributed by atoms with Crippen LogP contribution in [-0.2, 0) is 10.8 Å². The summed E-state index contributed by atoms with van der Waals surface area (Å²) in [4.78, 5) is 14.8. The van der Waals surface area contributed by atoms with E-state index in [-0.39, 0.29) is 31.5 Å². The fourth-order valence-corrected chi connectivity index (χ4v) is 3.42. The fourth-order valence-electron chi connectivity index (χ4n) is 3.42. The molecule has 1 aromatic carbocycles. The van der Waals surface area contributed by atoms with E-state index < -0.39 is 22.9 Å². The van der Waals surface area contributed by atoms with Crippen LogP contribution in [0.4, 0.5) is 18.9 Å². The van der Waals surface area contributed by atoms with Crippen LogP contribution in [0.3, 0.4) is 0 Å². The van der Waals surface area contributed by atoms with E-state index in [0.717, 1.165) is 6.07 Å². The molecule has 10 heteroatoms. The number of aliphatic hydroxyl groups is 1. The first-order valence-electron chi connectivity index (χ1n) is 10.1. The molecule has 1 amide bonds. The summed E-state index contributed by atoms with van der Waals surface area (Å²) in [5, 5.41) is 14.6. The van der Waals surface area contributed by atoms with Crippen molar-refractivity contribution >= 4 is 24.5 Å². The Bertz CT molecular complexity index is 996. The normalized spacial score (nSPS) is 17.7. The van der Waals surface area contributed by atoms with Gasteiger partial charge in [0, 0.05) is 18.4 Å². The quantitative estimate of drug-likeness (QED) is 0.731. The van der Waals surface area contributed by atoms with E-state index in [0.29, 0.717) is 16.8 Å². The lowest BCUT2D eigenvalue weighted by molar-refractivity contribution is -0.138. The average molecular weight is 437 g/mol. The van der Waals surface area contributed by atoms with Crippen molar-refractivity contribution in [1.82, 2.24) is 9.78 Å². The van der Waals surface area contributed by atoms with Gasteiger partial charge in [0.15, 0.2) is 0 Å². The van der Waals surface area contributed by atoms with Gasteiger partial charge in [0.2, 0.25) is 0 Å². The second-order valence-electron chi connectivity index (χ2n) is 9.08. The van der Waals surface area contributed by atoms with Crippen LogP contribution in [0.1, 0.15) is 62.3 Å². The highest BCUT2D eigenvalue weighted by Gasteiger charge is 2.39. The Kier molecular flexibility index (Phi) is 5.77. The molecule has 1 aliphatic heterocycles. The van der Waals surface area contributed by atoms with Crippen LogP contribution >= 0.6 is 0 Å². The molecule has 0 unspecified atom stereocenters. The number of anilines is 1. The summed E-state index contributed by atoms with van der Waals surface area (Å²) in [5.41, 5.74) is -1.36. The summed E-state index contributed by atoms with van der Waals surface area (Å²) in [7, 11) is 0.0602. The van der Waals surface area contributed by atoms with Gasteiger partial charge < -0.3 is 14.7 Å². The van der Waals surface area contributed by atoms with E-state index in [9.17, 15) is 23.1 Å². The lowest BCUT2D eigenvalue weighted by Gasteiger charge is -2.38. The van der Waals surface area contributed by atoms with Crippen LogP contribution < -0.4 is 10.4 Å². The molecule has 1 atom stereocenters. The molecule has 31 heavy (non-hydrogen) atoms. The first-order chi connectivity index (χ1) is 14.1. The smallest absolute Gasteiger partial charge is 0.416 e. The number of alkyl halides is 3. The van der Waals surface area contributed by atoms with E-state index in [4.69, 9.17) is 4.65 Å². The third-order valence-corrected chi connectivity index (χ3v) is 6.07. The van der Waals surface area contributed by atoms with E-state index in [2.05, 4.69) is 5.10 Å². The van der Waals surface area contributed by atoms with Crippen LogP contribution in [0.5, 0.6) is 0 Å². The lowest BCUT2D eigenvalue weighted by Crippen LogP contribution is -2.50. The van der Waals surface area contributed by atoms with Gasteiger partial charge in [-0.1, -0.05) is 0 Å². The Hall–Kier alpha value is -2.33. The monoisotopic (exact) mass is 437 g/mol. The number of aryl methyl sites for hydroxylation is 1. The molecule has 0 saturated heterocycles. The lowest BCUT2D eigenvalue weighted by atomic mass is 9.82. The Morgan fingerprint density at radius 1 is 1.23 bits per heavy atom. The predicted molar refractivity (Wildman–Crippen MR) is 113 cm³/mol.